The maximum atomic E-state index is 13.0. The molecule has 0 amide bonds. The number of fused-ring (bicyclic) bond motifs is 1. The average molecular weight is 254 g/mol. The van der Waals surface area contributed by atoms with E-state index in [1.807, 2.05) is 0 Å². The second kappa shape index (κ2) is 3.00. The van der Waals surface area contributed by atoms with Crippen LogP contribution in [0.3, 0.4) is 0 Å². The number of hydrogen-bond donors (Lipinski definition) is 2. The van der Waals surface area contributed by atoms with Crippen LogP contribution in [-0.2, 0) is 5.41 Å². The molecule has 3 aliphatic carbocycles. The van der Waals surface area contributed by atoms with Crippen LogP contribution >= 0.6 is 12.4 Å². The Balaban J connectivity index is 0.000000902. The van der Waals surface area contributed by atoms with E-state index in [4.69, 9.17) is 5.73 Å². The molecule has 0 radical (unpaired) electrons. The predicted octanol–water partition coefficient (Wildman–Crippen LogP) is 2.26. The number of nitrogens with zero attached hydrogens (tertiary/aromatic N) is 1. The summed E-state index contributed by atoms with van der Waals surface area (Å²) >= 11 is 0. The molecule has 5 heteroatoms. The Bertz CT molecular complexity index is 587. The van der Waals surface area contributed by atoms with Gasteiger partial charge in [-0.2, -0.15) is 0 Å². The van der Waals surface area contributed by atoms with Crippen LogP contribution in [0.15, 0.2) is 18.2 Å². The van der Waals surface area contributed by atoms with Crippen molar-refractivity contribution in [3.8, 4) is 0 Å². The van der Waals surface area contributed by atoms with E-state index in [9.17, 15) is 4.39 Å². The van der Waals surface area contributed by atoms with Crippen molar-refractivity contribution < 1.29 is 4.39 Å². The van der Waals surface area contributed by atoms with Gasteiger partial charge < -0.3 is 10.7 Å². The van der Waals surface area contributed by atoms with Gasteiger partial charge in [0.2, 0.25) is 0 Å². The number of aromatic amines is 1. The summed E-state index contributed by atoms with van der Waals surface area (Å²) in [6.45, 7) is 0. The summed E-state index contributed by atoms with van der Waals surface area (Å²) in [6.07, 6.45) is 3.05. The number of nitrogens with one attached hydrogen (secondary N) is 1. The molecule has 1 heterocycles. The Kier molecular flexibility index (Phi) is 1.94. The fourth-order valence-corrected chi connectivity index (χ4v) is 3.35. The molecule has 0 spiro atoms. The molecule has 90 valence electrons. The van der Waals surface area contributed by atoms with E-state index < -0.39 is 0 Å². The second-order valence-corrected chi connectivity index (χ2v) is 5.42. The van der Waals surface area contributed by atoms with Crippen LogP contribution in [0.5, 0.6) is 0 Å². The van der Waals surface area contributed by atoms with Crippen molar-refractivity contribution >= 4 is 23.4 Å². The highest BCUT2D eigenvalue weighted by atomic mass is 35.5. The summed E-state index contributed by atoms with van der Waals surface area (Å²) in [5.74, 6) is 0.749. The molecule has 1 aromatic carbocycles. The van der Waals surface area contributed by atoms with E-state index in [-0.39, 0.29) is 29.2 Å². The molecule has 0 aliphatic heterocycles. The highest BCUT2D eigenvalue weighted by Gasteiger charge is 2.68. The van der Waals surface area contributed by atoms with Crippen LogP contribution in [0.4, 0.5) is 4.39 Å². The maximum Gasteiger partial charge on any atom is 0.125 e. The third-order valence-corrected chi connectivity index (χ3v) is 4.02. The Hall–Kier alpha value is -1.13. The van der Waals surface area contributed by atoms with E-state index in [0.29, 0.717) is 5.52 Å². The first-order chi connectivity index (χ1) is 7.59. The summed E-state index contributed by atoms with van der Waals surface area (Å²) in [4.78, 5) is 7.77. The lowest BCUT2D eigenvalue weighted by Crippen LogP contribution is -2.74. The molecule has 3 saturated carbocycles. The molecule has 3 aliphatic rings. The summed E-state index contributed by atoms with van der Waals surface area (Å²) in [5.41, 5.74) is 7.89. The van der Waals surface area contributed by atoms with Crippen molar-refractivity contribution in [2.75, 3.05) is 0 Å². The number of halogens is 2. The zero-order valence-corrected chi connectivity index (χ0v) is 9.98. The van der Waals surface area contributed by atoms with E-state index in [1.165, 1.54) is 12.1 Å². The van der Waals surface area contributed by atoms with Crippen LogP contribution in [0, 0.1) is 5.82 Å². The molecule has 3 fully saturated rings. The van der Waals surface area contributed by atoms with Gasteiger partial charge in [-0.3, -0.25) is 0 Å². The van der Waals surface area contributed by atoms with E-state index in [2.05, 4.69) is 9.97 Å². The molecule has 3 N–H and O–H groups in total. The predicted molar refractivity (Wildman–Crippen MR) is 65.7 cm³/mol. The quantitative estimate of drug-likeness (QED) is 0.819. The minimum absolute atomic E-state index is 0. The van der Waals surface area contributed by atoms with Gasteiger partial charge in [0, 0.05) is 17.0 Å². The molecule has 0 saturated heterocycles. The van der Waals surface area contributed by atoms with E-state index in [1.54, 1.807) is 6.07 Å². The van der Waals surface area contributed by atoms with Gasteiger partial charge in [-0.1, -0.05) is 0 Å². The fraction of sp³-hybridized carbons (Fsp3) is 0.417. The molecular weight excluding hydrogens is 241 g/mol. The molecule has 2 aromatic rings. The zero-order chi connectivity index (χ0) is 11.0. The lowest BCUT2D eigenvalue weighted by molar-refractivity contribution is -0.0645. The minimum Gasteiger partial charge on any atom is -0.342 e. The molecule has 0 unspecified atom stereocenters. The summed E-state index contributed by atoms with van der Waals surface area (Å²) in [6, 6.07) is 4.67. The van der Waals surface area contributed by atoms with Gasteiger partial charge >= 0.3 is 0 Å². The molecular formula is C12H13ClFN3. The third kappa shape index (κ3) is 1.28. The highest BCUT2D eigenvalue weighted by Crippen LogP contribution is 2.65. The summed E-state index contributed by atoms with van der Waals surface area (Å²) in [7, 11) is 0. The second-order valence-electron chi connectivity index (χ2n) is 5.42. The Morgan fingerprint density at radius 2 is 2.00 bits per heavy atom. The van der Waals surface area contributed by atoms with Crippen molar-refractivity contribution in [1.82, 2.24) is 9.97 Å². The van der Waals surface area contributed by atoms with Crippen LogP contribution in [-0.4, -0.2) is 15.5 Å². The smallest absolute Gasteiger partial charge is 0.125 e. The first-order valence-corrected chi connectivity index (χ1v) is 5.53. The van der Waals surface area contributed by atoms with Crippen LogP contribution in [0.2, 0.25) is 0 Å². The average Bonchev–Trinajstić information content (AvgIpc) is 2.53. The van der Waals surface area contributed by atoms with Gasteiger partial charge in [0.05, 0.1) is 11.0 Å². The topological polar surface area (TPSA) is 54.7 Å². The first kappa shape index (κ1) is 11.0. The molecule has 2 bridgehead atoms. The Morgan fingerprint density at radius 3 is 2.65 bits per heavy atom. The fourth-order valence-electron chi connectivity index (χ4n) is 3.35. The molecule has 0 atom stereocenters. The molecule has 17 heavy (non-hydrogen) atoms. The van der Waals surface area contributed by atoms with Crippen molar-refractivity contribution in [1.29, 1.82) is 0 Å². The van der Waals surface area contributed by atoms with Crippen LogP contribution < -0.4 is 5.73 Å². The Labute approximate surface area is 104 Å². The number of aromatic nitrogens is 2. The zero-order valence-electron chi connectivity index (χ0n) is 9.16. The van der Waals surface area contributed by atoms with Crippen LogP contribution in [0.1, 0.15) is 25.1 Å². The number of nitrogens with two attached hydrogens (primary N) is 1. The van der Waals surface area contributed by atoms with Gasteiger partial charge in [0.15, 0.2) is 0 Å². The maximum absolute atomic E-state index is 13.0. The van der Waals surface area contributed by atoms with Gasteiger partial charge in [0.25, 0.3) is 0 Å². The lowest BCUT2D eigenvalue weighted by Gasteiger charge is -2.67. The SMILES string of the molecule is Cl.NC12CC(c3nc4cc(F)ccc4[nH]3)(C1)C2. The standard InChI is InChI=1S/C12H12FN3.ClH/c13-7-1-2-8-9(3-7)16-10(15-8)11-4-12(14,5-11)6-11;/h1-3H,4-6,14H2,(H,15,16);1H. The largest absolute Gasteiger partial charge is 0.342 e. The molecule has 1 aromatic heterocycles. The normalized spacial score (nSPS) is 33.8. The van der Waals surface area contributed by atoms with Crippen LogP contribution in [0.25, 0.3) is 11.0 Å². The van der Waals surface area contributed by atoms with Crippen molar-refractivity contribution in [3.63, 3.8) is 0 Å². The number of imidazole rings is 1. The number of benzene rings is 1. The minimum atomic E-state index is -0.238. The third-order valence-electron chi connectivity index (χ3n) is 4.02. The van der Waals surface area contributed by atoms with E-state index in [0.717, 1.165) is 30.6 Å². The Morgan fingerprint density at radius 1 is 1.29 bits per heavy atom. The lowest BCUT2D eigenvalue weighted by atomic mass is 9.39. The summed E-state index contributed by atoms with van der Waals surface area (Å²) < 4.78 is 13.0. The van der Waals surface area contributed by atoms with Gasteiger partial charge in [0.1, 0.15) is 11.6 Å². The number of H-pyrrole nitrogens is 1. The van der Waals surface area contributed by atoms with Gasteiger partial charge in [-0.25, -0.2) is 9.37 Å². The van der Waals surface area contributed by atoms with Gasteiger partial charge in [-0.15, -0.1) is 12.4 Å². The molecule has 3 nitrogen and oxygen atoms in total. The highest BCUT2D eigenvalue weighted by molar-refractivity contribution is 5.85. The van der Waals surface area contributed by atoms with Gasteiger partial charge in [-0.05, 0) is 31.4 Å². The first-order valence-electron chi connectivity index (χ1n) is 5.53. The van der Waals surface area contributed by atoms with E-state index >= 15 is 0 Å². The monoisotopic (exact) mass is 253 g/mol. The van der Waals surface area contributed by atoms with Crippen molar-refractivity contribution in [2.24, 2.45) is 5.73 Å². The molecule has 5 rings (SSSR count). The van der Waals surface area contributed by atoms with Crippen molar-refractivity contribution in [2.45, 2.75) is 30.2 Å². The van der Waals surface area contributed by atoms with Crippen molar-refractivity contribution in [3.05, 3.63) is 29.8 Å². The summed E-state index contributed by atoms with van der Waals surface area (Å²) in [5, 5.41) is 0. The number of hydrogen-bond acceptors (Lipinski definition) is 2. The number of rotatable bonds is 1.